The Labute approximate surface area is 137 Å². The number of carbonyl (C=O) groups is 2. The van der Waals surface area contributed by atoms with Crippen molar-refractivity contribution >= 4 is 11.8 Å². The fourth-order valence-electron chi connectivity index (χ4n) is 4.12. The summed E-state index contributed by atoms with van der Waals surface area (Å²) in [6.45, 7) is 0. The second-order valence-corrected chi connectivity index (χ2v) is 6.79. The fraction of sp³-hybridized carbons (Fsp3) is 0.579. The van der Waals surface area contributed by atoms with Crippen LogP contribution in [0.1, 0.15) is 62.0 Å². The van der Waals surface area contributed by atoms with Crippen LogP contribution in [0, 0.1) is 5.92 Å². The van der Waals surface area contributed by atoms with Gasteiger partial charge in [0.15, 0.2) is 0 Å². The van der Waals surface area contributed by atoms with Crippen LogP contribution in [0.2, 0.25) is 0 Å². The number of hydrogen-bond donors (Lipinski definition) is 1. The first-order valence-electron chi connectivity index (χ1n) is 8.66. The SMILES string of the molecule is COc1cccc2c1CCCC2CCCC1CC(=O)NC(=O)C1. The van der Waals surface area contributed by atoms with E-state index in [1.165, 1.54) is 24.0 Å². The predicted molar refractivity (Wildman–Crippen MR) is 88.4 cm³/mol. The van der Waals surface area contributed by atoms with Gasteiger partial charge in [0.25, 0.3) is 0 Å². The molecule has 124 valence electrons. The molecule has 0 saturated carbocycles. The molecular weight excluding hydrogens is 290 g/mol. The van der Waals surface area contributed by atoms with Gasteiger partial charge in [0.1, 0.15) is 5.75 Å². The quantitative estimate of drug-likeness (QED) is 0.848. The van der Waals surface area contributed by atoms with Crippen LogP contribution >= 0.6 is 0 Å². The van der Waals surface area contributed by atoms with Crippen molar-refractivity contribution in [3.63, 3.8) is 0 Å². The third-order valence-corrected chi connectivity index (χ3v) is 5.20. The predicted octanol–water partition coefficient (Wildman–Crippen LogP) is 3.34. The molecule has 1 unspecified atom stereocenters. The first-order valence-corrected chi connectivity index (χ1v) is 8.66. The number of nitrogens with one attached hydrogen (secondary N) is 1. The molecule has 1 N–H and O–H groups in total. The smallest absolute Gasteiger partial charge is 0.226 e. The zero-order valence-corrected chi connectivity index (χ0v) is 13.8. The minimum absolute atomic E-state index is 0.112. The molecule has 0 aromatic heterocycles. The van der Waals surface area contributed by atoms with Gasteiger partial charge >= 0.3 is 0 Å². The second-order valence-electron chi connectivity index (χ2n) is 6.79. The minimum atomic E-state index is -0.112. The summed E-state index contributed by atoms with van der Waals surface area (Å²) in [5.74, 6) is 1.60. The van der Waals surface area contributed by atoms with Crippen molar-refractivity contribution in [3.8, 4) is 5.75 Å². The maximum absolute atomic E-state index is 11.4. The Morgan fingerprint density at radius 1 is 1.17 bits per heavy atom. The number of benzene rings is 1. The van der Waals surface area contributed by atoms with Crippen molar-refractivity contribution in [3.05, 3.63) is 29.3 Å². The van der Waals surface area contributed by atoms with Crippen LogP contribution < -0.4 is 10.1 Å². The van der Waals surface area contributed by atoms with E-state index >= 15 is 0 Å². The molecule has 4 nitrogen and oxygen atoms in total. The van der Waals surface area contributed by atoms with Gasteiger partial charge in [-0.15, -0.1) is 0 Å². The van der Waals surface area contributed by atoms with Crippen molar-refractivity contribution in [1.29, 1.82) is 0 Å². The van der Waals surface area contributed by atoms with Gasteiger partial charge in [0.05, 0.1) is 7.11 Å². The number of ether oxygens (including phenoxy) is 1. The Bertz CT molecular complexity index is 580. The van der Waals surface area contributed by atoms with E-state index in [1.54, 1.807) is 7.11 Å². The van der Waals surface area contributed by atoms with E-state index in [4.69, 9.17) is 4.74 Å². The first-order chi connectivity index (χ1) is 11.2. The van der Waals surface area contributed by atoms with E-state index in [0.29, 0.717) is 18.8 Å². The van der Waals surface area contributed by atoms with Gasteiger partial charge in [-0.25, -0.2) is 0 Å². The molecular formula is C19H25NO3. The average Bonchev–Trinajstić information content (AvgIpc) is 2.53. The molecule has 1 aliphatic carbocycles. The normalized spacial score (nSPS) is 21.7. The molecule has 1 atom stereocenters. The maximum Gasteiger partial charge on any atom is 0.226 e. The van der Waals surface area contributed by atoms with Crippen LogP contribution in [0.5, 0.6) is 5.75 Å². The third kappa shape index (κ3) is 3.74. The number of rotatable bonds is 5. The minimum Gasteiger partial charge on any atom is -0.496 e. The molecule has 3 rings (SSSR count). The molecule has 0 bridgehead atoms. The Morgan fingerprint density at radius 2 is 1.96 bits per heavy atom. The van der Waals surface area contributed by atoms with Crippen molar-refractivity contribution < 1.29 is 14.3 Å². The van der Waals surface area contributed by atoms with Gasteiger partial charge < -0.3 is 4.74 Å². The first kappa shape index (κ1) is 16.0. The van der Waals surface area contributed by atoms with E-state index in [-0.39, 0.29) is 17.7 Å². The highest BCUT2D eigenvalue weighted by molar-refractivity contribution is 5.97. The fourth-order valence-corrected chi connectivity index (χ4v) is 4.12. The van der Waals surface area contributed by atoms with Crippen LogP contribution in [0.15, 0.2) is 18.2 Å². The Kier molecular flexibility index (Phi) is 4.99. The average molecular weight is 315 g/mol. The molecule has 1 aromatic rings. The summed E-state index contributed by atoms with van der Waals surface area (Å²) in [7, 11) is 1.74. The number of carbonyl (C=O) groups excluding carboxylic acids is 2. The molecule has 2 amide bonds. The summed E-state index contributed by atoms with van der Waals surface area (Å²) in [6.07, 6.45) is 7.72. The maximum atomic E-state index is 11.4. The van der Waals surface area contributed by atoms with Crippen LogP contribution in [0.4, 0.5) is 0 Å². The van der Waals surface area contributed by atoms with Gasteiger partial charge in [-0.2, -0.15) is 0 Å². The van der Waals surface area contributed by atoms with E-state index in [1.807, 2.05) is 6.07 Å². The molecule has 23 heavy (non-hydrogen) atoms. The van der Waals surface area contributed by atoms with E-state index in [0.717, 1.165) is 31.4 Å². The second kappa shape index (κ2) is 7.16. The zero-order valence-electron chi connectivity index (χ0n) is 13.8. The third-order valence-electron chi connectivity index (χ3n) is 5.20. The molecule has 1 heterocycles. The monoisotopic (exact) mass is 315 g/mol. The lowest BCUT2D eigenvalue weighted by atomic mass is 9.79. The number of piperidine rings is 1. The van der Waals surface area contributed by atoms with Gasteiger partial charge in [-0.3, -0.25) is 14.9 Å². The summed E-state index contributed by atoms with van der Waals surface area (Å²) in [5, 5.41) is 2.38. The zero-order chi connectivity index (χ0) is 16.2. The summed E-state index contributed by atoms with van der Waals surface area (Å²) in [6, 6.07) is 6.37. The number of amides is 2. The van der Waals surface area contributed by atoms with Gasteiger partial charge in [0, 0.05) is 12.8 Å². The molecule has 4 heteroatoms. The lowest BCUT2D eigenvalue weighted by Crippen LogP contribution is -2.38. The standard InChI is InChI=1S/C19H25NO3/c1-23-17-10-4-8-15-14(7-3-9-16(15)17)6-2-5-13-11-18(21)20-19(22)12-13/h4,8,10,13-14H,2-3,5-7,9,11-12H2,1H3,(H,20,21,22). The highest BCUT2D eigenvalue weighted by Gasteiger charge is 2.26. The Hall–Kier alpha value is -1.84. The topological polar surface area (TPSA) is 55.4 Å². The molecule has 1 saturated heterocycles. The van der Waals surface area contributed by atoms with Crippen LogP contribution in [0.25, 0.3) is 0 Å². The molecule has 1 aliphatic heterocycles. The van der Waals surface area contributed by atoms with E-state index in [2.05, 4.69) is 17.4 Å². The van der Waals surface area contributed by atoms with Crippen molar-refractivity contribution in [1.82, 2.24) is 5.32 Å². The number of methoxy groups -OCH3 is 1. The van der Waals surface area contributed by atoms with Gasteiger partial charge in [-0.1, -0.05) is 18.6 Å². The van der Waals surface area contributed by atoms with Crippen LogP contribution in [-0.2, 0) is 16.0 Å². The number of hydrogen-bond acceptors (Lipinski definition) is 3. The molecule has 2 aliphatic rings. The summed E-state index contributed by atoms with van der Waals surface area (Å²) in [5.41, 5.74) is 2.81. The van der Waals surface area contributed by atoms with Crippen LogP contribution in [-0.4, -0.2) is 18.9 Å². The Balaban J connectivity index is 1.58. The largest absolute Gasteiger partial charge is 0.496 e. The van der Waals surface area contributed by atoms with Crippen molar-refractivity contribution in [2.24, 2.45) is 5.92 Å². The number of imide groups is 1. The van der Waals surface area contributed by atoms with E-state index < -0.39 is 0 Å². The Morgan fingerprint density at radius 3 is 2.70 bits per heavy atom. The van der Waals surface area contributed by atoms with Crippen molar-refractivity contribution in [2.75, 3.05) is 7.11 Å². The highest BCUT2D eigenvalue weighted by Crippen LogP contribution is 2.39. The molecule has 1 aromatic carbocycles. The summed E-state index contributed by atoms with van der Waals surface area (Å²) >= 11 is 0. The molecule has 0 spiro atoms. The summed E-state index contributed by atoms with van der Waals surface area (Å²) in [4.78, 5) is 22.9. The van der Waals surface area contributed by atoms with E-state index in [9.17, 15) is 9.59 Å². The lowest BCUT2D eigenvalue weighted by molar-refractivity contribution is -0.134. The molecule has 0 radical (unpaired) electrons. The summed E-state index contributed by atoms with van der Waals surface area (Å²) < 4.78 is 5.50. The van der Waals surface area contributed by atoms with Crippen LogP contribution in [0.3, 0.4) is 0 Å². The highest BCUT2D eigenvalue weighted by atomic mass is 16.5. The lowest BCUT2D eigenvalue weighted by Gasteiger charge is -2.28. The van der Waals surface area contributed by atoms with Gasteiger partial charge in [0.2, 0.25) is 11.8 Å². The van der Waals surface area contributed by atoms with Gasteiger partial charge in [-0.05, 0) is 61.1 Å². The molecule has 1 fully saturated rings. The van der Waals surface area contributed by atoms with Crippen molar-refractivity contribution in [2.45, 2.75) is 57.3 Å². The number of fused-ring (bicyclic) bond motifs is 1.